The van der Waals surface area contributed by atoms with Gasteiger partial charge in [-0.05, 0) is 58.6 Å². The van der Waals surface area contributed by atoms with Crippen molar-refractivity contribution in [2.45, 2.75) is 25.9 Å². The van der Waals surface area contributed by atoms with Crippen LogP contribution in [0.2, 0.25) is 0 Å². The molecular formula is C18H19NS. The van der Waals surface area contributed by atoms with Gasteiger partial charge in [0.1, 0.15) is 0 Å². The van der Waals surface area contributed by atoms with Crippen molar-refractivity contribution in [1.29, 1.82) is 0 Å². The van der Waals surface area contributed by atoms with Crippen molar-refractivity contribution >= 4 is 22.1 Å². The third-order valence-electron chi connectivity index (χ3n) is 3.82. The molecule has 2 heteroatoms. The lowest BCUT2D eigenvalue weighted by molar-refractivity contribution is 0.496. The highest BCUT2D eigenvalue weighted by molar-refractivity contribution is 7.07. The average molecular weight is 281 g/mol. The van der Waals surface area contributed by atoms with Crippen LogP contribution in [-0.2, 0) is 0 Å². The van der Waals surface area contributed by atoms with Crippen LogP contribution in [0.25, 0.3) is 10.8 Å². The highest BCUT2D eigenvalue weighted by Crippen LogP contribution is 2.23. The predicted molar refractivity (Wildman–Crippen MR) is 88.2 cm³/mol. The molecule has 0 aliphatic rings. The van der Waals surface area contributed by atoms with Crippen molar-refractivity contribution in [2.75, 3.05) is 0 Å². The van der Waals surface area contributed by atoms with Gasteiger partial charge in [0.25, 0.3) is 0 Å². The minimum atomic E-state index is 0.342. The number of hydrogen-bond donors (Lipinski definition) is 1. The quantitative estimate of drug-likeness (QED) is 0.683. The summed E-state index contributed by atoms with van der Waals surface area (Å²) >= 11 is 1.75. The van der Waals surface area contributed by atoms with Crippen molar-refractivity contribution in [1.82, 2.24) is 5.32 Å². The van der Waals surface area contributed by atoms with E-state index >= 15 is 0 Å². The van der Waals surface area contributed by atoms with E-state index in [4.69, 9.17) is 0 Å². The van der Waals surface area contributed by atoms with Gasteiger partial charge in [-0.2, -0.15) is 11.3 Å². The number of rotatable bonds is 4. The molecular weight excluding hydrogens is 262 g/mol. The van der Waals surface area contributed by atoms with Crippen LogP contribution in [0.4, 0.5) is 0 Å². The number of thiophene rings is 1. The van der Waals surface area contributed by atoms with E-state index < -0.39 is 0 Å². The van der Waals surface area contributed by atoms with E-state index in [1.807, 2.05) is 0 Å². The van der Waals surface area contributed by atoms with Gasteiger partial charge >= 0.3 is 0 Å². The molecule has 3 aromatic rings. The molecule has 0 fully saturated rings. The molecule has 1 N–H and O–H groups in total. The van der Waals surface area contributed by atoms with Gasteiger partial charge in [0, 0.05) is 12.1 Å². The largest absolute Gasteiger partial charge is 0.304 e. The van der Waals surface area contributed by atoms with Gasteiger partial charge in [-0.1, -0.05) is 36.4 Å². The summed E-state index contributed by atoms with van der Waals surface area (Å²) in [5.74, 6) is 0. The Morgan fingerprint density at radius 3 is 2.35 bits per heavy atom. The fourth-order valence-corrected chi connectivity index (χ4v) is 3.32. The van der Waals surface area contributed by atoms with Crippen LogP contribution < -0.4 is 5.32 Å². The van der Waals surface area contributed by atoms with Crippen molar-refractivity contribution < 1.29 is 0 Å². The van der Waals surface area contributed by atoms with Crippen LogP contribution in [0.5, 0.6) is 0 Å². The Bertz CT molecular complexity index is 687. The Hall–Kier alpha value is -1.64. The lowest BCUT2D eigenvalue weighted by Gasteiger charge is -2.20. The topological polar surface area (TPSA) is 12.0 Å². The van der Waals surface area contributed by atoms with E-state index in [1.54, 1.807) is 11.3 Å². The molecule has 0 radical (unpaired) electrons. The third kappa shape index (κ3) is 2.77. The van der Waals surface area contributed by atoms with Crippen LogP contribution in [0, 0.1) is 0 Å². The van der Waals surface area contributed by atoms with Gasteiger partial charge in [-0.25, -0.2) is 0 Å². The zero-order valence-corrected chi connectivity index (χ0v) is 12.7. The normalized spacial score (nSPS) is 14.3. The molecule has 2 aromatic carbocycles. The predicted octanol–water partition coefficient (Wildman–Crippen LogP) is 5.31. The second kappa shape index (κ2) is 5.78. The monoisotopic (exact) mass is 281 g/mol. The van der Waals surface area contributed by atoms with Crippen molar-refractivity contribution in [2.24, 2.45) is 0 Å². The lowest BCUT2D eigenvalue weighted by atomic mass is 10.0. The minimum Gasteiger partial charge on any atom is -0.304 e. The molecule has 2 unspecified atom stereocenters. The summed E-state index contributed by atoms with van der Waals surface area (Å²) < 4.78 is 0. The molecule has 1 nitrogen and oxygen atoms in total. The highest BCUT2D eigenvalue weighted by atomic mass is 32.1. The number of fused-ring (bicyclic) bond motifs is 1. The summed E-state index contributed by atoms with van der Waals surface area (Å²) in [7, 11) is 0. The van der Waals surface area contributed by atoms with Crippen LogP contribution >= 0.6 is 11.3 Å². The maximum Gasteiger partial charge on any atom is 0.0305 e. The van der Waals surface area contributed by atoms with Crippen molar-refractivity contribution in [3.8, 4) is 0 Å². The van der Waals surface area contributed by atoms with Gasteiger partial charge in [-0.3, -0.25) is 0 Å². The van der Waals surface area contributed by atoms with Crippen LogP contribution in [0.3, 0.4) is 0 Å². The first-order chi connectivity index (χ1) is 9.74. The zero-order valence-electron chi connectivity index (χ0n) is 11.8. The van der Waals surface area contributed by atoms with Gasteiger partial charge in [0.05, 0.1) is 0 Å². The van der Waals surface area contributed by atoms with Crippen LogP contribution in [-0.4, -0.2) is 0 Å². The minimum absolute atomic E-state index is 0.342. The summed E-state index contributed by atoms with van der Waals surface area (Å²) in [5, 5.41) is 10.6. The van der Waals surface area contributed by atoms with Crippen molar-refractivity contribution in [3.05, 3.63) is 70.4 Å². The fourth-order valence-electron chi connectivity index (χ4n) is 2.57. The maximum absolute atomic E-state index is 3.67. The summed E-state index contributed by atoms with van der Waals surface area (Å²) in [4.78, 5) is 0. The third-order valence-corrected chi connectivity index (χ3v) is 4.52. The van der Waals surface area contributed by atoms with E-state index in [0.717, 1.165) is 0 Å². The van der Waals surface area contributed by atoms with Gasteiger partial charge in [0.2, 0.25) is 0 Å². The Labute approximate surface area is 124 Å². The molecule has 0 aliphatic heterocycles. The molecule has 0 aliphatic carbocycles. The first-order valence-electron chi connectivity index (χ1n) is 7.01. The Morgan fingerprint density at radius 1 is 0.850 bits per heavy atom. The summed E-state index contributed by atoms with van der Waals surface area (Å²) in [6, 6.07) is 18.1. The van der Waals surface area contributed by atoms with Crippen molar-refractivity contribution in [3.63, 3.8) is 0 Å². The second-order valence-electron chi connectivity index (χ2n) is 5.27. The van der Waals surface area contributed by atoms with E-state index in [-0.39, 0.29) is 0 Å². The SMILES string of the molecule is CC(NC(C)c1ccc2ccccc2c1)c1ccsc1. The molecule has 3 rings (SSSR count). The molecule has 2 atom stereocenters. The van der Waals surface area contributed by atoms with Gasteiger partial charge in [-0.15, -0.1) is 0 Å². The first-order valence-corrected chi connectivity index (χ1v) is 7.95. The van der Waals surface area contributed by atoms with Gasteiger partial charge in [0.15, 0.2) is 0 Å². The number of benzene rings is 2. The number of nitrogens with one attached hydrogen (secondary N) is 1. The smallest absolute Gasteiger partial charge is 0.0305 e. The molecule has 1 heterocycles. The van der Waals surface area contributed by atoms with Crippen LogP contribution in [0.15, 0.2) is 59.3 Å². The zero-order chi connectivity index (χ0) is 13.9. The summed E-state index contributed by atoms with van der Waals surface area (Å²) in [6.07, 6.45) is 0. The fraction of sp³-hybridized carbons (Fsp3) is 0.222. The van der Waals surface area contributed by atoms with E-state index in [9.17, 15) is 0 Å². The Kier molecular flexibility index (Phi) is 3.86. The van der Waals surface area contributed by atoms with E-state index in [1.165, 1.54) is 21.9 Å². The molecule has 0 amide bonds. The average Bonchev–Trinajstić information content (AvgIpc) is 3.01. The second-order valence-corrected chi connectivity index (χ2v) is 6.05. The molecule has 0 spiro atoms. The molecule has 102 valence electrons. The summed E-state index contributed by atoms with van der Waals surface area (Å²) in [6.45, 7) is 4.45. The highest BCUT2D eigenvalue weighted by Gasteiger charge is 2.11. The molecule has 0 bridgehead atoms. The molecule has 20 heavy (non-hydrogen) atoms. The Morgan fingerprint density at radius 2 is 1.60 bits per heavy atom. The molecule has 0 saturated carbocycles. The van der Waals surface area contributed by atoms with E-state index in [2.05, 4.69) is 78.5 Å². The maximum atomic E-state index is 3.67. The van der Waals surface area contributed by atoms with Crippen LogP contribution in [0.1, 0.15) is 37.1 Å². The standard InChI is InChI=1S/C18H19NS/c1-13(19-14(2)18-9-10-20-12-18)16-8-7-15-5-3-4-6-17(15)11-16/h3-14,19H,1-2H3. The Balaban J connectivity index is 1.80. The summed E-state index contributed by atoms with van der Waals surface area (Å²) in [5.41, 5.74) is 2.70. The molecule has 1 aromatic heterocycles. The van der Waals surface area contributed by atoms with E-state index in [0.29, 0.717) is 12.1 Å². The number of hydrogen-bond acceptors (Lipinski definition) is 2. The molecule has 0 saturated heterocycles. The van der Waals surface area contributed by atoms with Gasteiger partial charge < -0.3 is 5.32 Å². The lowest BCUT2D eigenvalue weighted by Crippen LogP contribution is -2.22. The first kappa shape index (κ1) is 13.3.